The summed E-state index contributed by atoms with van der Waals surface area (Å²) in [4.78, 5) is 14.5. The van der Waals surface area contributed by atoms with Crippen LogP contribution < -0.4 is 9.80 Å². The molecule has 0 saturated heterocycles. The van der Waals surface area contributed by atoms with Crippen LogP contribution in [0, 0.1) is 0 Å². The fourth-order valence-electron chi connectivity index (χ4n) is 7.75. The van der Waals surface area contributed by atoms with Gasteiger partial charge in [-0.1, -0.05) is 135 Å². The minimum absolute atomic E-state index is 0.898. The van der Waals surface area contributed by atoms with Gasteiger partial charge in [-0.15, -0.1) is 0 Å². The molecule has 0 saturated carbocycles. The molecule has 9 aromatic carbocycles. The summed E-state index contributed by atoms with van der Waals surface area (Å²) in [6.07, 6.45) is 3.58. The number of hydrogen-bond donors (Lipinski definition) is 0. The fourth-order valence-corrected chi connectivity index (χ4v) is 7.75. The molecule has 54 heavy (non-hydrogen) atoms. The van der Waals surface area contributed by atoms with E-state index in [1.54, 1.807) is 12.4 Å². The predicted octanol–water partition coefficient (Wildman–Crippen LogP) is 14.2. The molecule has 0 aliphatic rings. The molecule has 0 radical (unpaired) electrons. The summed E-state index contributed by atoms with van der Waals surface area (Å²) < 4.78 is 0. The lowest BCUT2D eigenvalue weighted by Gasteiger charge is -2.28. The Bertz CT molecular complexity index is 2710. The van der Waals surface area contributed by atoms with Crippen LogP contribution in [0.3, 0.4) is 0 Å². The quantitative estimate of drug-likeness (QED) is 0.162. The largest absolute Gasteiger partial charge is 0.310 e. The number of nitrogens with zero attached hydrogens (tertiary/aromatic N) is 4. The third-order valence-corrected chi connectivity index (χ3v) is 10.1. The van der Waals surface area contributed by atoms with Gasteiger partial charge in [-0.3, -0.25) is 9.97 Å². The molecule has 0 N–H and O–H groups in total. The van der Waals surface area contributed by atoms with Crippen LogP contribution in [-0.2, 0) is 0 Å². The molecule has 4 heteroatoms. The van der Waals surface area contributed by atoms with Crippen molar-refractivity contribution in [1.82, 2.24) is 9.97 Å². The van der Waals surface area contributed by atoms with E-state index in [4.69, 9.17) is 9.97 Å². The van der Waals surface area contributed by atoms with Crippen molar-refractivity contribution >= 4 is 88.2 Å². The van der Waals surface area contributed by atoms with Crippen molar-refractivity contribution < 1.29 is 0 Å². The number of para-hydroxylation sites is 2. The van der Waals surface area contributed by atoms with Gasteiger partial charge in [0.2, 0.25) is 0 Å². The van der Waals surface area contributed by atoms with Crippen molar-refractivity contribution in [3.05, 3.63) is 194 Å². The summed E-state index contributed by atoms with van der Waals surface area (Å²) in [6, 6.07) is 65.0. The average molecular weight is 695 g/mol. The van der Waals surface area contributed by atoms with Crippen LogP contribution in [0.1, 0.15) is 13.8 Å². The summed E-state index contributed by atoms with van der Waals surface area (Å²) in [5, 5.41) is 9.17. The molecule has 0 bridgehead atoms. The molecule has 1 heterocycles. The van der Waals surface area contributed by atoms with E-state index in [0.717, 1.165) is 66.7 Å². The van der Waals surface area contributed by atoms with E-state index in [1.807, 2.05) is 13.8 Å². The molecular weight excluding hydrogens is 657 g/mol. The van der Waals surface area contributed by atoms with Crippen LogP contribution in [0.15, 0.2) is 194 Å². The first-order valence-corrected chi connectivity index (χ1v) is 18.6. The Morgan fingerprint density at radius 1 is 0.315 bits per heavy atom. The summed E-state index contributed by atoms with van der Waals surface area (Å²) in [6.45, 7) is 4.00. The molecule has 4 nitrogen and oxygen atoms in total. The monoisotopic (exact) mass is 694 g/mol. The third kappa shape index (κ3) is 5.65. The Kier molecular flexibility index (Phi) is 8.62. The van der Waals surface area contributed by atoms with Crippen LogP contribution in [0.5, 0.6) is 0 Å². The molecule has 258 valence electrons. The summed E-state index contributed by atoms with van der Waals surface area (Å²) in [7, 11) is 0. The highest BCUT2D eigenvalue weighted by Crippen LogP contribution is 2.45. The van der Waals surface area contributed by atoms with Crippen LogP contribution in [-0.4, -0.2) is 9.97 Å². The maximum atomic E-state index is 4.89. The van der Waals surface area contributed by atoms with E-state index in [0.29, 0.717) is 0 Å². The van der Waals surface area contributed by atoms with E-state index < -0.39 is 0 Å². The molecule has 1 aromatic heterocycles. The first-order valence-electron chi connectivity index (χ1n) is 18.6. The van der Waals surface area contributed by atoms with Crippen molar-refractivity contribution in [3.63, 3.8) is 0 Å². The van der Waals surface area contributed by atoms with Gasteiger partial charge in [-0.2, -0.15) is 0 Å². The topological polar surface area (TPSA) is 32.3 Å². The molecule has 0 aliphatic heterocycles. The highest BCUT2D eigenvalue weighted by atomic mass is 15.1. The van der Waals surface area contributed by atoms with E-state index in [2.05, 4.69) is 192 Å². The lowest BCUT2D eigenvalue weighted by atomic mass is 9.97. The zero-order chi connectivity index (χ0) is 36.4. The molecule has 0 unspecified atom stereocenters. The number of fused-ring (bicyclic) bond motifs is 8. The van der Waals surface area contributed by atoms with Crippen molar-refractivity contribution in [2.24, 2.45) is 0 Å². The Balaban J connectivity index is 0.00000189. The van der Waals surface area contributed by atoms with Crippen molar-refractivity contribution in [1.29, 1.82) is 0 Å². The maximum Gasteiger partial charge on any atom is 0.0971 e. The Morgan fingerprint density at radius 2 is 0.704 bits per heavy atom. The number of rotatable bonds is 6. The third-order valence-electron chi connectivity index (χ3n) is 10.1. The summed E-state index contributed by atoms with van der Waals surface area (Å²) >= 11 is 0. The van der Waals surface area contributed by atoms with Crippen LogP contribution in [0.2, 0.25) is 0 Å². The highest BCUT2D eigenvalue weighted by Gasteiger charge is 2.20. The van der Waals surface area contributed by atoms with Gasteiger partial charge < -0.3 is 9.80 Å². The van der Waals surface area contributed by atoms with Gasteiger partial charge in [0, 0.05) is 56.7 Å². The normalized spacial score (nSPS) is 11.1. The van der Waals surface area contributed by atoms with Crippen molar-refractivity contribution in [2.45, 2.75) is 13.8 Å². The highest BCUT2D eigenvalue weighted by molar-refractivity contribution is 6.24. The van der Waals surface area contributed by atoms with Crippen LogP contribution in [0.4, 0.5) is 34.1 Å². The van der Waals surface area contributed by atoms with E-state index >= 15 is 0 Å². The number of anilines is 6. The second kappa shape index (κ2) is 14.2. The molecule has 0 atom stereocenters. The van der Waals surface area contributed by atoms with Crippen LogP contribution in [0.25, 0.3) is 54.1 Å². The van der Waals surface area contributed by atoms with Gasteiger partial charge in [0.25, 0.3) is 0 Å². The van der Waals surface area contributed by atoms with E-state index in [9.17, 15) is 0 Å². The van der Waals surface area contributed by atoms with Crippen molar-refractivity contribution in [3.8, 4) is 0 Å². The molecule has 0 fully saturated rings. The van der Waals surface area contributed by atoms with Gasteiger partial charge in [0.15, 0.2) is 0 Å². The Hall–Kier alpha value is -7.04. The summed E-state index contributed by atoms with van der Waals surface area (Å²) in [5.74, 6) is 0. The molecule has 10 aromatic rings. The second-order valence-corrected chi connectivity index (χ2v) is 13.1. The SMILES string of the molecule is CC.c1ccc(N(c2ccc3c(c2)c2cc(N(c4ccccc4)c4cccc5ccccc45)ccc2c2nccnc32)c2cccc3ccccc23)cc1. The molecule has 0 amide bonds. The van der Waals surface area contributed by atoms with Gasteiger partial charge >= 0.3 is 0 Å². The van der Waals surface area contributed by atoms with E-state index in [-0.39, 0.29) is 0 Å². The van der Waals surface area contributed by atoms with Crippen LogP contribution >= 0.6 is 0 Å². The van der Waals surface area contributed by atoms with E-state index in [1.165, 1.54) is 21.5 Å². The van der Waals surface area contributed by atoms with Crippen molar-refractivity contribution in [2.75, 3.05) is 9.80 Å². The molecular formula is C50H38N4. The summed E-state index contributed by atoms with van der Waals surface area (Å²) in [5.41, 5.74) is 8.37. The zero-order valence-electron chi connectivity index (χ0n) is 30.3. The average Bonchev–Trinajstić information content (AvgIpc) is 3.25. The van der Waals surface area contributed by atoms with Gasteiger partial charge in [0.05, 0.1) is 22.4 Å². The predicted molar refractivity (Wildman–Crippen MR) is 230 cm³/mol. The molecule has 0 aliphatic carbocycles. The van der Waals surface area contributed by atoms with Gasteiger partial charge in [0.1, 0.15) is 0 Å². The number of hydrogen-bond acceptors (Lipinski definition) is 4. The lowest BCUT2D eigenvalue weighted by molar-refractivity contribution is 1.29. The Morgan fingerprint density at radius 3 is 1.15 bits per heavy atom. The molecule has 0 spiro atoms. The standard InChI is InChI=1S/C48H32N4.C2H6/c1-3-17-35(18-4-1)51(45-23-11-15-33-13-7-9-21-39(33)45)37-25-27-41-43(31-37)44-32-38(26-28-42(44)48-47(41)49-29-30-50-48)52(36-19-5-2-6-20-36)46-24-12-16-34-14-8-10-22-40(34)46;1-2/h1-32H;1-2H3. The first kappa shape index (κ1) is 32.8. The zero-order valence-corrected chi connectivity index (χ0v) is 30.3. The molecule has 10 rings (SSSR count). The number of aromatic nitrogens is 2. The number of benzene rings is 9. The minimum Gasteiger partial charge on any atom is -0.310 e. The Labute approximate surface area is 315 Å². The minimum atomic E-state index is 0.898. The van der Waals surface area contributed by atoms with Gasteiger partial charge in [-0.05, 0) is 82.2 Å². The smallest absolute Gasteiger partial charge is 0.0971 e. The maximum absolute atomic E-state index is 4.89. The first-order chi connectivity index (χ1) is 26.8. The fraction of sp³-hybridized carbons (Fsp3) is 0.0400. The second-order valence-electron chi connectivity index (χ2n) is 13.1. The lowest BCUT2D eigenvalue weighted by Crippen LogP contribution is -2.11. The van der Waals surface area contributed by atoms with Gasteiger partial charge in [-0.25, -0.2) is 0 Å².